The van der Waals surface area contributed by atoms with Crippen LogP contribution >= 0.6 is 7.14 Å². The Kier molecular flexibility index (Phi) is 7.32. The van der Waals surface area contributed by atoms with Gasteiger partial charge in [-0.1, -0.05) is 182 Å². The van der Waals surface area contributed by atoms with Crippen LogP contribution in [0.3, 0.4) is 0 Å². The summed E-state index contributed by atoms with van der Waals surface area (Å²) in [6.45, 7) is 0. The van der Waals surface area contributed by atoms with E-state index in [1.807, 2.05) is 97.1 Å². The van der Waals surface area contributed by atoms with E-state index in [4.69, 9.17) is 9.47 Å². The van der Waals surface area contributed by atoms with Crippen molar-refractivity contribution >= 4 is 23.1 Å². The molecule has 8 aromatic carbocycles. The molecule has 0 saturated heterocycles. The average molecular weight is 701 g/mol. The summed E-state index contributed by atoms with van der Waals surface area (Å²) >= 11 is 0. The second kappa shape index (κ2) is 12.4. The molecule has 0 N–H and O–H groups in total. The number of para-hydroxylation sites is 1. The third-order valence-corrected chi connectivity index (χ3v) is 13.8. The van der Waals surface area contributed by atoms with Gasteiger partial charge in [-0.05, 0) is 57.1 Å². The molecule has 0 amide bonds. The molecule has 1 aliphatic heterocycles. The molecule has 1 aliphatic carbocycles. The van der Waals surface area contributed by atoms with E-state index in [1.54, 1.807) is 0 Å². The zero-order valence-electron chi connectivity index (χ0n) is 28.7. The number of hydrogen-bond acceptors (Lipinski definition) is 3. The fraction of sp³-hybridized carbons (Fsp3) is 0.0204. The number of benzene rings is 8. The normalized spacial score (nSPS) is 13.4. The molecule has 0 radical (unpaired) electrons. The van der Waals surface area contributed by atoms with Gasteiger partial charge in [0.25, 0.3) is 0 Å². The number of hydrogen-bond donors (Lipinski definition) is 0. The minimum absolute atomic E-state index is 0.532. The third-order valence-electron chi connectivity index (χ3n) is 10.7. The Hall–Kier alpha value is -6.41. The van der Waals surface area contributed by atoms with Crippen LogP contribution in [0.4, 0.5) is 0 Å². The Balaban J connectivity index is 1.08. The van der Waals surface area contributed by atoms with Crippen LogP contribution in [0.25, 0.3) is 22.3 Å². The van der Waals surface area contributed by atoms with Gasteiger partial charge in [-0.3, -0.25) is 0 Å². The van der Waals surface area contributed by atoms with Crippen LogP contribution in [0.2, 0.25) is 0 Å². The molecular formula is C49H33O3P. The van der Waals surface area contributed by atoms with Crippen molar-refractivity contribution < 1.29 is 14.0 Å². The molecule has 3 nitrogen and oxygen atoms in total. The van der Waals surface area contributed by atoms with Crippen LogP contribution in [-0.2, 0) is 9.98 Å². The SMILES string of the molecule is O=P(c1ccccc1)(c1ccccc1)c1ccc(-c2cccc3c2Oc2cc4c(cc2O3)C(c2ccccc2)(c2ccccc2)c2ccccc2-4)cc1. The summed E-state index contributed by atoms with van der Waals surface area (Å²) in [6.07, 6.45) is 0. The Morgan fingerprint density at radius 3 is 1.51 bits per heavy atom. The summed E-state index contributed by atoms with van der Waals surface area (Å²) in [5.74, 6) is 2.66. The van der Waals surface area contributed by atoms with E-state index in [0.717, 1.165) is 38.2 Å². The standard InChI is InChI=1S/C49H33O3P/c50-53(37-20-9-3-10-21-37,38-22-11-4-12-23-38)39-30-28-34(29-31-39)40-25-15-27-45-48(40)52-46-32-42-41-24-13-14-26-43(41)49(35-16-5-1-6-17-35,36-18-7-2-8-19-36)44(42)33-47(46)51-45/h1-33H. The summed E-state index contributed by atoms with van der Waals surface area (Å²) in [4.78, 5) is 0. The van der Waals surface area contributed by atoms with Gasteiger partial charge in [-0.25, -0.2) is 0 Å². The van der Waals surface area contributed by atoms with E-state index < -0.39 is 12.6 Å². The van der Waals surface area contributed by atoms with Crippen molar-refractivity contribution in [3.8, 4) is 45.3 Å². The fourth-order valence-electron chi connectivity index (χ4n) is 8.34. The first-order valence-corrected chi connectivity index (χ1v) is 19.6. The molecule has 4 heteroatoms. The highest BCUT2D eigenvalue weighted by molar-refractivity contribution is 7.85. The van der Waals surface area contributed by atoms with Crippen molar-refractivity contribution in [2.24, 2.45) is 0 Å². The quantitative estimate of drug-likeness (QED) is 0.162. The van der Waals surface area contributed by atoms with Crippen molar-refractivity contribution in [1.29, 1.82) is 0 Å². The Morgan fingerprint density at radius 1 is 0.377 bits per heavy atom. The third kappa shape index (κ3) is 4.78. The maximum absolute atomic E-state index is 15.0. The van der Waals surface area contributed by atoms with Crippen LogP contribution in [0.15, 0.2) is 200 Å². The highest BCUT2D eigenvalue weighted by Crippen LogP contribution is 2.60. The molecular weight excluding hydrogens is 668 g/mol. The zero-order chi connectivity index (χ0) is 35.4. The van der Waals surface area contributed by atoms with Gasteiger partial charge in [0.1, 0.15) is 0 Å². The lowest BCUT2D eigenvalue weighted by atomic mass is 9.67. The molecule has 0 atom stereocenters. The Bertz CT molecular complexity index is 2590. The van der Waals surface area contributed by atoms with Gasteiger partial charge in [-0.15, -0.1) is 0 Å². The van der Waals surface area contributed by atoms with E-state index in [2.05, 4.69) is 103 Å². The molecule has 0 bridgehead atoms. The molecule has 8 aromatic rings. The van der Waals surface area contributed by atoms with E-state index >= 15 is 0 Å². The van der Waals surface area contributed by atoms with Crippen LogP contribution in [-0.4, -0.2) is 0 Å². The van der Waals surface area contributed by atoms with Crippen molar-refractivity contribution in [2.45, 2.75) is 5.41 Å². The number of fused-ring (bicyclic) bond motifs is 5. The highest BCUT2D eigenvalue weighted by atomic mass is 31.2. The van der Waals surface area contributed by atoms with Crippen molar-refractivity contribution in [3.63, 3.8) is 0 Å². The van der Waals surface area contributed by atoms with Gasteiger partial charge in [0.05, 0.1) is 5.41 Å². The summed E-state index contributed by atoms with van der Waals surface area (Å²) < 4.78 is 28.6. The lowest BCUT2D eigenvalue weighted by Gasteiger charge is -2.34. The van der Waals surface area contributed by atoms with Crippen LogP contribution < -0.4 is 25.4 Å². The molecule has 0 fully saturated rings. The molecule has 0 aromatic heterocycles. The molecule has 0 unspecified atom stereocenters. The van der Waals surface area contributed by atoms with Gasteiger partial charge in [0, 0.05) is 21.5 Å². The van der Waals surface area contributed by atoms with Gasteiger partial charge < -0.3 is 14.0 Å². The van der Waals surface area contributed by atoms with Crippen LogP contribution in [0, 0.1) is 0 Å². The lowest BCUT2D eigenvalue weighted by Crippen LogP contribution is -2.28. The van der Waals surface area contributed by atoms with Gasteiger partial charge in [0.15, 0.2) is 30.1 Å². The largest absolute Gasteiger partial charge is 0.449 e. The van der Waals surface area contributed by atoms with Crippen molar-refractivity contribution in [3.05, 3.63) is 222 Å². The Labute approximate surface area is 309 Å². The average Bonchev–Trinajstić information content (AvgIpc) is 3.52. The Morgan fingerprint density at radius 2 is 0.887 bits per heavy atom. The van der Waals surface area contributed by atoms with E-state index in [-0.39, 0.29) is 0 Å². The molecule has 252 valence electrons. The first-order chi connectivity index (χ1) is 26.2. The minimum Gasteiger partial charge on any atom is -0.449 e. The summed E-state index contributed by atoms with van der Waals surface area (Å²) in [5.41, 5.74) is 8.41. The maximum atomic E-state index is 15.0. The zero-order valence-corrected chi connectivity index (χ0v) is 29.6. The molecule has 0 spiro atoms. The second-order valence-corrected chi connectivity index (χ2v) is 16.3. The first-order valence-electron chi connectivity index (χ1n) is 17.9. The topological polar surface area (TPSA) is 35.5 Å². The predicted molar refractivity (Wildman–Crippen MR) is 215 cm³/mol. The summed E-state index contributed by atoms with van der Waals surface area (Å²) in [6, 6.07) is 68.1. The molecule has 2 aliphatic rings. The fourth-order valence-corrected chi connectivity index (χ4v) is 11.0. The van der Waals surface area contributed by atoms with Crippen molar-refractivity contribution in [1.82, 2.24) is 0 Å². The predicted octanol–water partition coefficient (Wildman–Crippen LogP) is 11.3. The van der Waals surface area contributed by atoms with Crippen molar-refractivity contribution in [2.75, 3.05) is 0 Å². The summed E-state index contributed by atoms with van der Waals surface area (Å²) in [7, 11) is -3.10. The van der Waals surface area contributed by atoms with E-state index in [0.29, 0.717) is 23.0 Å². The highest BCUT2D eigenvalue weighted by Gasteiger charge is 2.47. The number of ether oxygens (including phenoxy) is 2. The van der Waals surface area contributed by atoms with Gasteiger partial charge >= 0.3 is 0 Å². The van der Waals surface area contributed by atoms with Crippen LogP contribution in [0.5, 0.6) is 23.0 Å². The smallest absolute Gasteiger partial charge is 0.177 e. The number of rotatable bonds is 6. The molecule has 1 heterocycles. The van der Waals surface area contributed by atoms with Gasteiger partial charge in [0.2, 0.25) is 0 Å². The maximum Gasteiger partial charge on any atom is 0.177 e. The molecule has 0 saturated carbocycles. The second-order valence-electron chi connectivity index (χ2n) is 13.5. The first kappa shape index (κ1) is 31.3. The summed E-state index contributed by atoms with van der Waals surface area (Å²) in [5, 5.41) is 2.39. The van der Waals surface area contributed by atoms with E-state index in [9.17, 15) is 4.57 Å². The lowest BCUT2D eigenvalue weighted by molar-refractivity contribution is 0.360. The monoisotopic (exact) mass is 700 g/mol. The van der Waals surface area contributed by atoms with Gasteiger partial charge in [-0.2, -0.15) is 0 Å². The van der Waals surface area contributed by atoms with E-state index in [1.165, 1.54) is 22.3 Å². The minimum atomic E-state index is -3.10. The molecule has 10 rings (SSSR count). The van der Waals surface area contributed by atoms with Crippen LogP contribution in [0.1, 0.15) is 22.3 Å². The molecule has 53 heavy (non-hydrogen) atoms.